The number of carbonyl (C=O) groups excluding carboxylic acids is 4. The molecule has 6 heteroatoms. The summed E-state index contributed by atoms with van der Waals surface area (Å²) in [5, 5.41) is 4.22. The largest absolute Gasteiger partial charge is 0.328 e. The van der Waals surface area contributed by atoms with E-state index in [-0.39, 0.29) is 18.1 Å². The van der Waals surface area contributed by atoms with Crippen molar-refractivity contribution in [2.45, 2.75) is 70.6 Å². The standard InChI is InChI=1S/C17H26N2O4/c20-14-10-8-6-4-2-1-3-5-7-9-12(14)11-13-15(21)18-17(23)19-16(13)22/h12-13H,1-11H2,(H2,18,19,21,22,23)/t12-/m0/s1. The molecule has 1 aliphatic carbocycles. The fourth-order valence-corrected chi connectivity index (χ4v) is 3.41. The van der Waals surface area contributed by atoms with Gasteiger partial charge in [0, 0.05) is 12.3 Å². The van der Waals surface area contributed by atoms with Crippen LogP contribution in [0, 0.1) is 11.8 Å². The zero-order valence-corrected chi connectivity index (χ0v) is 13.6. The third-order valence-corrected chi connectivity index (χ3v) is 4.81. The summed E-state index contributed by atoms with van der Waals surface area (Å²) in [7, 11) is 0. The first-order chi connectivity index (χ1) is 11.1. The van der Waals surface area contributed by atoms with Crippen molar-refractivity contribution in [1.29, 1.82) is 0 Å². The number of amides is 4. The van der Waals surface area contributed by atoms with Crippen molar-refractivity contribution in [2.24, 2.45) is 11.8 Å². The highest BCUT2D eigenvalue weighted by molar-refractivity contribution is 6.16. The Morgan fingerprint density at radius 1 is 0.739 bits per heavy atom. The number of urea groups is 1. The van der Waals surface area contributed by atoms with E-state index in [1.165, 1.54) is 25.7 Å². The van der Waals surface area contributed by atoms with E-state index >= 15 is 0 Å². The number of carbonyl (C=O) groups is 4. The Hall–Kier alpha value is -1.72. The molecule has 2 fully saturated rings. The molecule has 2 rings (SSSR count). The van der Waals surface area contributed by atoms with Crippen molar-refractivity contribution in [3.05, 3.63) is 0 Å². The first-order valence-corrected chi connectivity index (χ1v) is 8.76. The smallest absolute Gasteiger partial charge is 0.299 e. The zero-order chi connectivity index (χ0) is 16.7. The number of Topliss-reactive ketones (excluding diaryl/α,β-unsaturated/α-hetero) is 1. The van der Waals surface area contributed by atoms with E-state index in [9.17, 15) is 19.2 Å². The molecule has 6 nitrogen and oxygen atoms in total. The van der Waals surface area contributed by atoms with Gasteiger partial charge in [0.2, 0.25) is 11.8 Å². The number of imide groups is 2. The van der Waals surface area contributed by atoms with Crippen LogP contribution in [0.2, 0.25) is 0 Å². The van der Waals surface area contributed by atoms with Crippen LogP contribution in [0.15, 0.2) is 0 Å². The maximum Gasteiger partial charge on any atom is 0.328 e. The first-order valence-electron chi connectivity index (χ1n) is 8.76. The van der Waals surface area contributed by atoms with Crippen LogP contribution in [0.3, 0.4) is 0 Å². The summed E-state index contributed by atoms with van der Waals surface area (Å²) < 4.78 is 0. The van der Waals surface area contributed by atoms with E-state index in [2.05, 4.69) is 10.6 Å². The van der Waals surface area contributed by atoms with Crippen LogP contribution < -0.4 is 10.6 Å². The van der Waals surface area contributed by atoms with Crippen LogP contribution in [0.25, 0.3) is 0 Å². The normalized spacial score (nSPS) is 26.0. The molecular weight excluding hydrogens is 296 g/mol. The van der Waals surface area contributed by atoms with Crippen molar-refractivity contribution in [3.8, 4) is 0 Å². The average molecular weight is 322 g/mol. The van der Waals surface area contributed by atoms with Crippen LogP contribution >= 0.6 is 0 Å². The van der Waals surface area contributed by atoms with E-state index in [1.54, 1.807) is 0 Å². The second kappa shape index (κ2) is 8.79. The molecule has 0 aromatic rings. The maximum absolute atomic E-state index is 12.5. The molecule has 23 heavy (non-hydrogen) atoms. The minimum Gasteiger partial charge on any atom is -0.299 e. The molecule has 0 radical (unpaired) electrons. The van der Waals surface area contributed by atoms with Crippen molar-refractivity contribution in [1.82, 2.24) is 10.6 Å². The highest BCUT2D eigenvalue weighted by atomic mass is 16.2. The van der Waals surface area contributed by atoms with E-state index in [4.69, 9.17) is 0 Å². The lowest BCUT2D eigenvalue weighted by Gasteiger charge is -2.24. The predicted octanol–water partition coefficient (Wildman–Crippen LogP) is 2.46. The van der Waals surface area contributed by atoms with E-state index in [0.717, 1.165) is 32.1 Å². The van der Waals surface area contributed by atoms with Gasteiger partial charge in [-0.1, -0.05) is 44.9 Å². The monoisotopic (exact) mass is 322 g/mol. The van der Waals surface area contributed by atoms with Gasteiger partial charge in [-0.25, -0.2) is 4.79 Å². The fraction of sp³-hybridized carbons (Fsp3) is 0.765. The minimum atomic E-state index is -0.936. The first kappa shape index (κ1) is 17.6. The third kappa shape index (κ3) is 5.44. The zero-order valence-electron chi connectivity index (χ0n) is 13.6. The van der Waals surface area contributed by atoms with Crippen molar-refractivity contribution in [3.63, 3.8) is 0 Å². The van der Waals surface area contributed by atoms with E-state index in [0.29, 0.717) is 6.42 Å². The second-order valence-electron chi connectivity index (χ2n) is 6.63. The molecule has 2 N–H and O–H groups in total. The summed E-state index contributed by atoms with van der Waals surface area (Å²) in [5.41, 5.74) is 0. The molecule has 1 saturated heterocycles. The summed E-state index contributed by atoms with van der Waals surface area (Å²) in [6.07, 6.45) is 10.3. The molecule has 0 spiro atoms. The molecule has 1 atom stereocenters. The lowest BCUT2D eigenvalue weighted by molar-refractivity contribution is -0.137. The van der Waals surface area contributed by atoms with Gasteiger partial charge >= 0.3 is 6.03 Å². The number of nitrogens with one attached hydrogen (secondary N) is 2. The van der Waals surface area contributed by atoms with Crippen LogP contribution in [0.4, 0.5) is 4.79 Å². The van der Waals surface area contributed by atoms with E-state index < -0.39 is 23.8 Å². The summed E-state index contributed by atoms with van der Waals surface area (Å²) >= 11 is 0. The van der Waals surface area contributed by atoms with Gasteiger partial charge in [0.1, 0.15) is 11.7 Å². The molecule has 0 unspecified atom stereocenters. The van der Waals surface area contributed by atoms with Gasteiger partial charge in [-0.15, -0.1) is 0 Å². The summed E-state index contributed by atoms with van der Waals surface area (Å²) in [6.45, 7) is 0. The lowest BCUT2D eigenvalue weighted by Crippen LogP contribution is -2.56. The highest BCUT2D eigenvalue weighted by Crippen LogP contribution is 2.25. The third-order valence-electron chi connectivity index (χ3n) is 4.81. The molecule has 0 aromatic carbocycles. The Morgan fingerprint density at radius 3 is 1.87 bits per heavy atom. The molecule has 1 saturated carbocycles. The number of rotatable bonds is 2. The number of hydrogen-bond donors (Lipinski definition) is 2. The van der Waals surface area contributed by atoms with Gasteiger partial charge < -0.3 is 0 Å². The number of barbiturate groups is 1. The Balaban J connectivity index is 1.97. The van der Waals surface area contributed by atoms with Gasteiger partial charge in [0.05, 0.1) is 0 Å². The summed E-state index contributed by atoms with van der Waals surface area (Å²) in [4.78, 5) is 47.3. The fourth-order valence-electron chi connectivity index (χ4n) is 3.41. The Bertz CT molecular complexity index is 455. The molecule has 4 amide bonds. The minimum absolute atomic E-state index is 0.156. The molecule has 2 aliphatic rings. The summed E-state index contributed by atoms with van der Waals surface area (Å²) in [5.74, 6) is -2.21. The van der Waals surface area contributed by atoms with Crippen LogP contribution in [-0.4, -0.2) is 23.6 Å². The Labute approximate surface area is 136 Å². The quantitative estimate of drug-likeness (QED) is 0.764. The maximum atomic E-state index is 12.5. The lowest BCUT2D eigenvalue weighted by atomic mass is 9.83. The molecule has 128 valence electrons. The van der Waals surface area contributed by atoms with Crippen LogP contribution in [0.1, 0.15) is 70.6 Å². The van der Waals surface area contributed by atoms with Crippen molar-refractivity contribution in [2.75, 3.05) is 0 Å². The SMILES string of the molecule is O=C1NC(=O)C(C[C@@H]2CCCCCCCCCCC2=O)C(=O)N1. The predicted molar refractivity (Wildman–Crippen MR) is 84.5 cm³/mol. The average Bonchev–Trinajstić information content (AvgIpc) is 2.48. The van der Waals surface area contributed by atoms with Crippen LogP contribution in [-0.2, 0) is 14.4 Å². The van der Waals surface area contributed by atoms with Gasteiger partial charge in [0.15, 0.2) is 0 Å². The molecular formula is C17H26N2O4. The van der Waals surface area contributed by atoms with Gasteiger partial charge in [-0.3, -0.25) is 25.0 Å². The molecule has 0 bridgehead atoms. The highest BCUT2D eigenvalue weighted by Gasteiger charge is 2.37. The van der Waals surface area contributed by atoms with Gasteiger partial charge in [0.25, 0.3) is 0 Å². The van der Waals surface area contributed by atoms with Crippen LogP contribution in [0.5, 0.6) is 0 Å². The van der Waals surface area contributed by atoms with Gasteiger partial charge in [-0.05, 0) is 19.3 Å². The second-order valence-corrected chi connectivity index (χ2v) is 6.63. The van der Waals surface area contributed by atoms with Gasteiger partial charge in [-0.2, -0.15) is 0 Å². The number of ketones is 1. The Morgan fingerprint density at radius 2 is 1.26 bits per heavy atom. The summed E-state index contributed by atoms with van der Waals surface area (Å²) in [6, 6.07) is -0.777. The Kier molecular flexibility index (Phi) is 6.74. The topological polar surface area (TPSA) is 92.3 Å². The van der Waals surface area contributed by atoms with Crippen molar-refractivity contribution < 1.29 is 19.2 Å². The number of hydrogen-bond acceptors (Lipinski definition) is 4. The van der Waals surface area contributed by atoms with E-state index in [1.807, 2.05) is 0 Å². The molecule has 0 aromatic heterocycles. The molecule has 1 heterocycles. The molecule has 1 aliphatic heterocycles. The van der Waals surface area contributed by atoms with Crippen molar-refractivity contribution >= 4 is 23.6 Å².